The maximum absolute atomic E-state index is 11.5. The van der Waals surface area contributed by atoms with Crippen molar-refractivity contribution in [3.05, 3.63) is 68.5 Å². The third kappa shape index (κ3) is 6.15. The van der Waals surface area contributed by atoms with Gasteiger partial charge in [-0.1, -0.05) is 62.2 Å². The zero-order valence-corrected chi connectivity index (χ0v) is 17.2. The second-order valence-corrected chi connectivity index (χ2v) is 6.60. The number of carbonyl (C=O) groups excluding carboxylic acids is 1. The number of nitroso groups, excluding NO2 is 1. The normalized spacial score (nSPS) is 12.2. The Labute approximate surface area is 169 Å². The molecule has 0 aliphatic carbocycles. The highest BCUT2D eigenvalue weighted by Gasteiger charge is 2.28. The van der Waals surface area contributed by atoms with E-state index in [9.17, 15) is 9.70 Å². The molecule has 27 heavy (non-hydrogen) atoms. The van der Waals surface area contributed by atoms with Gasteiger partial charge in [-0.25, -0.2) is 0 Å². The van der Waals surface area contributed by atoms with Crippen LogP contribution in [0.3, 0.4) is 0 Å². The van der Waals surface area contributed by atoms with E-state index in [0.29, 0.717) is 15.7 Å². The molecule has 144 valence electrons. The summed E-state index contributed by atoms with van der Waals surface area (Å²) < 4.78 is 0. The van der Waals surface area contributed by atoms with Crippen molar-refractivity contribution in [2.75, 3.05) is 5.32 Å². The van der Waals surface area contributed by atoms with Gasteiger partial charge in [0.05, 0.1) is 16.8 Å². The highest BCUT2D eigenvalue weighted by Crippen LogP contribution is 2.32. The average Bonchev–Trinajstić information content (AvgIpc) is 2.68. The first-order chi connectivity index (χ1) is 12.8. The van der Waals surface area contributed by atoms with E-state index < -0.39 is 17.9 Å². The molecule has 2 atom stereocenters. The average molecular weight is 408 g/mol. The number of hydrogen-bond acceptors (Lipinski definition) is 4. The second kappa shape index (κ2) is 10.8. The van der Waals surface area contributed by atoms with Crippen LogP contribution < -0.4 is 5.32 Å². The Morgan fingerprint density at radius 1 is 1.11 bits per heavy atom. The molecule has 0 aliphatic heterocycles. The Balaban J connectivity index is 0.00000176. The van der Waals surface area contributed by atoms with E-state index in [-0.39, 0.29) is 5.71 Å². The molecule has 1 amide bonds. The quantitative estimate of drug-likeness (QED) is 0.427. The van der Waals surface area contributed by atoms with E-state index in [1.54, 1.807) is 31.2 Å². The van der Waals surface area contributed by atoms with Crippen LogP contribution in [0.2, 0.25) is 10.0 Å². The fourth-order valence-corrected chi connectivity index (χ4v) is 2.90. The minimum absolute atomic E-state index is 0.370. The van der Waals surface area contributed by atoms with Gasteiger partial charge in [0.25, 0.3) is 0 Å². The number of rotatable bonds is 6. The first-order valence-corrected chi connectivity index (χ1v) is 9.33. The van der Waals surface area contributed by atoms with Crippen LogP contribution in [0.1, 0.15) is 37.9 Å². The van der Waals surface area contributed by atoms with Gasteiger partial charge in [-0.15, -0.1) is 4.91 Å². The zero-order valence-electron chi connectivity index (χ0n) is 15.7. The molecular weight excluding hydrogens is 385 g/mol. The largest absolute Gasteiger partial charge is 0.376 e. The number of halogens is 2. The van der Waals surface area contributed by atoms with Crippen molar-refractivity contribution in [1.29, 1.82) is 5.41 Å². The number of hydrogen-bond donors (Lipinski definition) is 2. The van der Waals surface area contributed by atoms with Gasteiger partial charge in [0.1, 0.15) is 5.71 Å². The van der Waals surface area contributed by atoms with Crippen LogP contribution in [0.25, 0.3) is 0 Å². The van der Waals surface area contributed by atoms with Gasteiger partial charge in [0.15, 0.2) is 0 Å². The van der Waals surface area contributed by atoms with Gasteiger partial charge in [-0.2, -0.15) is 0 Å². The van der Waals surface area contributed by atoms with Crippen molar-refractivity contribution >= 4 is 40.5 Å². The Kier molecular flexibility index (Phi) is 9.12. The molecule has 0 saturated carbocycles. The maximum atomic E-state index is 11.5. The first-order valence-electron chi connectivity index (χ1n) is 8.57. The van der Waals surface area contributed by atoms with Crippen molar-refractivity contribution in [2.45, 2.75) is 33.7 Å². The minimum atomic E-state index is -1.08. The lowest BCUT2D eigenvalue weighted by Crippen LogP contribution is -2.29. The summed E-state index contributed by atoms with van der Waals surface area (Å²) in [7, 11) is 0. The van der Waals surface area contributed by atoms with E-state index in [4.69, 9.17) is 28.6 Å². The summed E-state index contributed by atoms with van der Waals surface area (Å²) in [6.07, 6.45) is 0. The zero-order chi connectivity index (χ0) is 20.6. The lowest BCUT2D eigenvalue weighted by Gasteiger charge is -2.26. The molecule has 0 fully saturated rings. The molecule has 0 radical (unpaired) electrons. The number of carbonyl (C=O) groups is 1. The number of benzene rings is 2. The Morgan fingerprint density at radius 2 is 1.70 bits per heavy atom. The molecule has 2 aromatic rings. The molecule has 0 spiro atoms. The Morgan fingerprint density at radius 3 is 2.22 bits per heavy atom. The summed E-state index contributed by atoms with van der Waals surface area (Å²) in [6.45, 7) is 7.61. The monoisotopic (exact) mass is 407 g/mol. The number of anilines is 1. The molecule has 2 aromatic carbocycles. The predicted molar refractivity (Wildman–Crippen MR) is 113 cm³/mol. The summed E-state index contributed by atoms with van der Waals surface area (Å²) in [5.74, 6) is -1.69. The molecule has 0 bridgehead atoms. The van der Waals surface area contributed by atoms with E-state index in [1.807, 2.05) is 39.0 Å². The fraction of sp³-hybridized carbons (Fsp3) is 0.300. The molecule has 0 saturated heterocycles. The Bertz CT molecular complexity index is 807. The highest BCUT2D eigenvalue weighted by atomic mass is 35.5. The van der Waals surface area contributed by atoms with Crippen molar-refractivity contribution < 1.29 is 4.79 Å². The SMILES string of the molecule is CC.Cc1ccc(NC(c2ccc(Cl)cc2)C(C)C(=N)C(=O)N=O)c(Cl)c1. The van der Waals surface area contributed by atoms with Gasteiger partial charge in [0, 0.05) is 16.1 Å². The maximum Gasteiger partial charge on any atom is 0.330 e. The smallest absolute Gasteiger partial charge is 0.330 e. The molecule has 2 unspecified atom stereocenters. The molecule has 5 nitrogen and oxygen atoms in total. The predicted octanol–water partition coefficient (Wildman–Crippen LogP) is 6.43. The summed E-state index contributed by atoms with van der Waals surface area (Å²) in [6, 6.07) is 12.1. The molecule has 0 aliphatic rings. The second-order valence-electron chi connectivity index (χ2n) is 5.76. The fourth-order valence-electron chi connectivity index (χ4n) is 2.48. The molecule has 7 heteroatoms. The number of nitrogens with one attached hydrogen (secondary N) is 2. The summed E-state index contributed by atoms with van der Waals surface area (Å²) in [4.78, 5) is 22.0. The minimum Gasteiger partial charge on any atom is -0.376 e. The van der Waals surface area contributed by atoms with Gasteiger partial charge in [0.2, 0.25) is 0 Å². The summed E-state index contributed by atoms with van der Waals surface area (Å²) in [5, 5.41) is 14.6. The molecule has 0 aromatic heterocycles. The van der Waals surface area contributed by atoms with Gasteiger partial charge >= 0.3 is 5.91 Å². The number of nitrogens with zero attached hydrogens (tertiary/aromatic N) is 1. The Hall–Kier alpha value is -2.24. The van der Waals surface area contributed by atoms with Crippen LogP contribution in [0.4, 0.5) is 5.69 Å². The summed E-state index contributed by atoms with van der Waals surface area (Å²) in [5.41, 5.74) is 2.11. The third-order valence-corrected chi connectivity index (χ3v) is 4.50. The lowest BCUT2D eigenvalue weighted by atomic mass is 9.90. The van der Waals surface area contributed by atoms with Crippen LogP contribution in [-0.4, -0.2) is 11.6 Å². The van der Waals surface area contributed by atoms with Crippen molar-refractivity contribution in [1.82, 2.24) is 0 Å². The van der Waals surface area contributed by atoms with E-state index in [0.717, 1.165) is 11.1 Å². The number of amides is 1. The van der Waals surface area contributed by atoms with Crippen LogP contribution in [0.15, 0.2) is 47.6 Å². The van der Waals surface area contributed by atoms with Gasteiger partial charge in [-0.3, -0.25) is 10.2 Å². The van der Waals surface area contributed by atoms with Crippen LogP contribution in [-0.2, 0) is 4.79 Å². The summed E-state index contributed by atoms with van der Waals surface area (Å²) >= 11 is 12.2. The van der Waals surface area contributed by atoms with Crippen molar-refractivity contribution in [2.24, 2.45) is 11.1 Å². The molecular formula is C20H23Cl2N3O2. The molecule has 2 rings (SSSR count). The van der Waals surface area contributed by atoms with Gasteiger partial charge in [-0.05, 0) is 42.3 Å². The molecule has 2 N–H and O–H groups in total. The van der Waals surface area contributed by atoms with Crippen LogP contribution >= 0.6 is 23.2 Å². The highest BCUT2D eigenvalue weighted by molar-refractivity contribution is 6.38. The number of aryl methyl sites for hydroxylation is 1. The third-order valence-electron chi connectivity index (χ3n) is 3.93. The topological polar surface area (TPSA) is 82.4 Å². The lowest BCUT2D eigenvalue weighted by molar-refractivity contribution is -0.112. The van der Waals surface area contributed by atoms with Crippen LogP contribution in [0.5, 0.6) is 0 Å². The standard InChI is InChI=1S/C18H17Cl2N3O2.C2H6/c1-10-3-8-15(14(20)9-10)22-17(11(2)16(21)18(24)23-25)12-4-6-13(19)7-5-12;1-2/h3-9,11,17,21-22H,1-2H3;1-2H3. The van der Waals surface area contributed by atoms with E-state index in [1.165, 1.54) is 0 Å². The van der Waals surface area contributed by atoms with E-state index in [2.05, 4.69) is 10.5 Å². The first kappa shape index (κ1) is 22.8. The van der Waals surface area contributed by atoms with E-state index >= 15 is 0 Å². The van der Waals surface area contributed by atoms with Gasteiger partial charge < -0.3 is 5.32 Å². The van der Waals surface area contributed by atoms with Crippen LogP contribution in [0, 0.1) is 23.2 Å². The molecule has 0 heterocycles. The van der Waals surface area contributed by atoms with Crippen molar-refractivity contribution in [3.63, 3.8) is 0 Å². The van der Waals surface area contributed by atoms with Crippen molar-refractivity contribution in [3.8, 4) is 0 Å².